The van der Waals surface area contributed by atoms with Crippen LogP contribution in [0, 0.1) is 0 Å². The van der Waals surface area contributed by atoms with Gasteiger partial charge < -0.3 is 10.7 Å². The molecular weight excluding hydrogens is 250 g/mol. The van der Waals surface area contributed by atoms with E-state index in [-0.39, 0.29) is 0 Å². The smallest absolute Gasteiger partial charge is 0.222 e. The molecule has 0 bridgehead atoms. The molecule has 0 saturated carbocycles. The number of nitrogens with zero attached hydrogens (tertiary/aromatic N) is 3. The Morgan fingerprint density at radius 3 is 2.45 bits per heavy atom. The van der Waals surface area contributed by atoms with Gasteiger partial charge in [0, 0.05) is 0 Å². The minimum absolute atomic E-state index is 0.319. The molecule has 2 rings (SSSR count). The first-order valence-electron chi connectivity index (χ1n) is 7.76. The maximum atomic E-state index is 5.71. The van der Waals surface area contributed by atoms with Gasteiger partial charge in [-0.05, 0) is 12.8 Å². The summed E-state index contributed by atoms with van der Waals surface area (Å²) >= 11 is 0. The lowest BCUT2D eigenvalue weighted by molar-refractivity contribution is 0.574. The molecule has 0 unspecified atom stereocenters. The van der Waals surface area contributed by atoms with Gasteiger partial charge in [0.2, 0.25) is 5.95 Å². The molecule has 110 valence electrons. The maximum Gasteiger partial charge on any atom is 0.222 e. The molecule has 2 aromatic heterocycles. The average Bonchev–Trinajstić information content (AvgIpc) is 2.89. The number of fused-ring (bicyclic) bond motifs is 1. The molecule has 5 heteroatoms. The van der Waals surface area contributed by atoms with Crippen LogP contribution in [0.1, 0.15) is 64.0 Å². The Balaban J connectivity index is 1.72. The van der Waals surface area contributed by atoms with Gasteiger partial charge in [0.25, 0.3) is 0 Å². The molecule has 20 heavy (non-hydrogen) atoms. The third kappa shape index (κ3) is 4.18. The average molecular weight is 275 g/mol. The summed E-state index contributed by atoms with van der Waals surface area (Å²) in [6.07, 6.45) is 13.1. The first-order chi connectivity index (χ1) is 9.81. The second-order valence-corrected chi connectivity index (χ2v) is 5.35. The molecule has 0 spiro atoms. The Bertz CT molecular complexity index is 520. The minimum Gasteiger partial charge on any atom is -0.368 e. The van der Waals surface area contributed by atoms with Crippen LogP contribution in [-0.2, 0) is 6.42 Å². The van der Waals surface area contributed by atoms with Gasteiger partial charge >= 0.3 is 0 Å². The molecule has 0 radical (unpaired) electrons. The van der Waals surface area contributed by atoms with E-state index in [2.05, 4.69) is 26.9 Å². The zero-order valence-corrected chi connectivity index (χ0v) is 12.4. The van der Waals surface area contributed by atoms with Gasteiger partial charge in [-0.25, -0.2) is 9.97 Å². The van der Waals surface area contributed by atoms with Gasteiger partial charge in [-0.3, -0.25) is 0 Å². The predicted molar refractivity (Wildman–Crippen MR) is 82.4 cm³/mol. The number of aryl methyl sites for hydroxylation is 1. The highest BCUT2D eigenvalue weighted by atomic mass is 15.1. The number of nitrogens with two attached hydrogens (primary N) is 1. The van der Waals surface area contributed by atoms with E-state index in [1.54, 1.807) is 6.33 Å². The zero-order chi connectivity index (χ0) is 14.2. The summed E-state index contributed by atoms with van der Waals surface area (Å²) in [5.41, 5.74) is 8.31. The number of hydrogen-bond donors (Lipinski definition) is 2. The van der Waals surface area contributed by atoms with E-state index >= 15 is 0 Å². The lowest BCUT2D eigenvalue weighted by Crippen LogP contribution is -2.01. The first-order valence-corrected chi connectivity index (χ1v) is 7.76. The number of H-pyrrole nitrogens is 1. The molecule has 0 aromatic carbocycles. The van der Waals surface area contributed by atoms with Crippen molar-refractivity contribution < 1.29 is 0 Å². The fourth-order valence-corrected chi connectivity index (χ4v) is 2.52. The molecule has 0 fully saturated rings. The normalized spacial score (nSPS) is 11.2. The largest absolute Gasteiger partial charge is 0.368 e. The molecular formula is C15H25N5. The maximum absolute atomic E-state index is 5.71. The third-order valence-corrected chi connectivity index (χ3v) is 3.65. The molecule has 0 aliphatic carbocycles. The monoisotopic (exact) mass is 275 g/mol. The van der Waals surface area contributed by atoms with E-state index in [1.165, 1.54) is 44.9 Å². The molecule has 3 N–H and O–H groups in total. The van der Waals surface area contributed by atoms with E-state index in [1.807, 2.05) is 0 Å². The Hall–Kier alpha value is -1.65. The topological polar surface area (TPSA) is 80.5 Å². The number of aromatic nitrogens is 4. The van der Waals surface area contributed by atoms with Crippen LogP contribution in [0.2, 0.25) is 0 Å². The van der Waals surface area contributed by atoms with Crippen molar-refractivity contribution in [2.45, 2.75) is 64.7 Å². The van der Waals surface area contributed by atoms with Crippen molar-refractivity contribution in [2.24, 2.45) is 0 Å². The Kier molecular flexibility index (Phi) is 5.77. The van der Waals surface area contributed by atoms with Crippen molar-refractivity contribution in [3.05, 3.63) is 12.0 Å². The summed E-state index contributed by atoms with van der Waals surface area (Å²) in [5.74, 6) is 0.319. The van der Waals surface area contributed by atoms with Gasteiger partial charge in [-0.2, -0.15) is 4.98 Å². The van der Waals surface area contributed by atoms with Gasteiger partial charge in [-0.1, -0.05) is 51.9 Å². The molecule has 5 nitrogen and oxygen atoms in total. The summed E-state index contributed by atoms with van der Waals surface area (Å²) in [6.45, 7) is 2.25. The molecule has 0 aliphatic rings. The number of nitrogen functional groups attached to an aromatic ring is 1. The lowest BCUT2D eigenvalue weighted by atomic mass is 10.1. The number of nitrogens with one attached hydrogen (secondary N) is 1. The highest BCUT2D eigenvalue weighted by Gasteiger charge is 2.07. The van der Waals surface area contributed by atoms with Crippen LogP contribution < -0.4 is 5.73 Å². The number of imidazole rings is 1. The van der Waals surface area contributed by atoms with Crippen molar-refractivity contribution in [3.8, 4) is 0 Å². The van der Waals surface area contributed by atoms with Gasteiger partial charge in [0.15, 0.2) is 5.65 Å². The van der Waals surface area contributed by atoms with Crippen molar-refractivity contribution in [3.63, 3.8) is 0 Å². The highest BCUT2D eigenvalue weighted by Crippen LogP contribution is 2.16. The Morgan fingerprint density at radius 2 is 1.70 bits per heavy atom. The second-order valence-electron chi connectivity index (χ2n) is 5.35. The summed E-state index contributed by atoms with van der Waals surface area (Å²) in [4.78, 5) is 15.7. The summed E-state index contributed by atoms with van der Waals surface area (Å²) in [6, 6.07) is 0. The number of hydrogen-bond acceptors (Lipinski definition) is 4. The molecule has 0 saturated heterocycles. The van der Waals surface area contributed by atoms with Crippen LogP contribution >= 0.6 is 0 Å². The lowest BCUT2D eigenvalue weighted by Gasteiger charge is -2.04. The Labute approximate surface area is 120 Å². The summed E-state index contributed by atoms with van der Waals surface area (Å²) in [7, 11) is 0. The van der Waals surface area contributed by atoms with E-state index in [4.69, 9.17) is 5.73 Å². The summed E-state index contributed by atoms with van der Waals surface area (Å²) < 4.78 is 0. The first kappa shape index (κ1) is 14.8. The van der Waals surface area contributed by atoms with Crippen molar-refractivity contribution >= 4 is 17.1 Å². The van der Waals surface area contributed by atoms with Crippen LogP contribution in [-0.4, -0.2) is 19.9 Å². The number of anilines is 1. The summed E-state index contributed by atoms with van der Waals surface area (Å²) in [5, 5.41) is 0. The molecule has 0 atom stereocenters. The van der Waals surface area contributed by atoms with E-state index < -0.39 is 0 Å². The van der Waals surface area contributed by atoms with Crippen LogP contribution in [0.5, 0.6) is 0 Å². The molecule has 2 heterocycles. The quantitative estimate of drug-likeness (QED) is 0.685. The molecule has 0 amide bonds. The second kappa shape index (κ2) is 7.82. The van der Waals surface area contributed by atoms with Crippen LogP contribution in [0.3, 0.4) is 0 Å². The van der Waals surface area contributed by atoms with E-state index in [9.17, 15) is 0 Å². The van der Waals surface area contributed by atoms with E-state index in [0.29, 0.717) is 11.6 Å². The van der Waals surface area contributed by atoms with Gasteiger partial charge in [-0.15, -0.1) is 0 Å². The fraction of sp³-hybridized carbons (Fsp3) is 0.667. The third-order valence-electron chi connectivity index (χ3n) is 3.65. The van der Waals surface area contributed by atoms with Crippen LogP contribution in [0.25, 0.3) is 11.2 Å². The Morgan fingerprint density at radius 1 is 1.00 bits per heavy atom. The van der Waals surface area contributed by atoms with Gasteiger partial charge in [0.1, 0.15) is 5.52 Å². The van der Waals surface area contributed by atoms with Crippen molar-refractivity contribution in [1.29, 1.82) is 0 Å². The number of rotatable bonds is 9. The molecule has 0 aliphatic heterocycles. The van der Waals surface area contributed by atoms with Crippen molar-refractivity contribution in [2.75, 3.05) is 5.73 Å². The van der Waals surface area contributed by atoms with Crippen molar-refractivity contribution in [1.82, 2.24) is 19.9 Å². The number of aromatic amines is 1. The number of unbranched alkanes of at least 4 members (excludes halogenated alkanes) is 7. The highest BCUT2D eigenvalue weighted by molar-refractivity contribution is 5.73. The van der Waals surface area contributed by atoms with Crippen LogP contribution in [0.4, 0.5) is 5.95 Å². The SMILES string of the molecule is CCCCCCCCCCc1nc(N)nc2nc[nH]c12. The van der Waals surface area contributed by atoms with E-state index in [0.717, 1.165) is 24.1 Å². The van der Waals surface area contributed by atoms with Gasteiger partial charge in [0.05, 0.1) is 12.0 Å². The molecule has 2 aromatic rings. The zero-order valence-electron chi connectivity index (χ0n) is 12.4. The standard InChI is InChI=1S/C15H25N5/c1-2-3-4-5-6-7-8-9-10-12-13-14(18-11-17-13)20-15(16)19-12/h11H,2-10H2,1H3,(H3,16,17,18,19,20). The minimum atomic E-state index is 0.319. The fourth-order valence-electron chi connectivity index (χ4n) is 2.52. The predicted octanol–water partition coefficient (Wildman–Crippen LogP) is 3.62. The van der Waals surface area contributed by atoms with Crippen LogP contribution in [0.15, 0.2) is 6.33 Å².